The third-order valence-electron chi connectivity index (χ3n) is 6.26. The van der Waals surface area contributed by atoms with Gasteiger partial charge in [0.1, 0.15) is 12.8 Å². The molecule has 51 heavy (non-hydrogen) atoms. The second kappa shape index (κ2) is 21.5. The molecule has 3 aromatic rings. The lowest BCUT2D eigenvalue weighted by atomic mass is 10.1. The normalized spacial score (nSPS) is 9.96. The van der Waals surface area contributed by atoms with Crippen LogP contribution in [0.1, 0.15) is 71.6 Å². The number of hydrogen-bond acceptors (Lipinski definition) is 11. The van der Waals surface area contributed by atoms with Crippen LogP contribution in [0.5, 0.6) is 23.0 Å². The van der Waals surface area contributed by atoms with Gasteiger partial charge >= 0.3 is 11.9 Å². The standard InChI is InChI=1S/C14H17FO5.C12H12F2O4.C9H8F2O2/c1-4-19-12(17)8-11(16)9-6-7-10(15)14(18-3)13(9)20-5-2;1-3-18-10(16)6-9(15)7-4-5-8(13)12(17-2)11(7)14;1-5(12)6-3-4-7(10)9(13-2)8(6)11/h6-7H,4-5,8H2,1-3H3;4-5H,3,6H2,1-2H3;3-4H,1-2H3. The number of carbonyl (C=O) groups is 5. The largest absolute Gasteiger partial charge is 0.491 e. The number of esters is 2. The Morgan fingerprint density at radius 1 is 0.510 bits per heavy atom. The van der Waals surface area contributed by atoms with Gasteiger partial charge in [-0.3, -0.25) is 24.0 Å². The number of rotatable bonds is 14. The second-order valence-electron chi connectivity index (χ2n) is 9.64. The maximum atomic E-state index is 13.7. The van der Waals surface area contributed by atoms with Crippen molar-refractivity contribution in [3.8, 4) is 23.0 Å². The summed E-state index contributed by atoms with van der Waals surface area (Å²) >= 11 is 0. The Hall–Kier alpha value is -5.54. The zero-order valence-corrected chi connectivity index (χ0v) is 28.9. The summed E-state index contributed by atoms with van der Waals surface area (Å²) in [6.45, 7) is 6.69. The van der Waals surface area contributed by atoms with Gasteiger partial charge in [0, 0.05) is 0 Å². The molecule has 0 amide bonds. The van der Waals surface area contributed by atoms with Gasteiger partial charge in [-0.1, -0.05) is 0 Å². The zero-order valence-electron chi connectivity index (χ0n) is 28.9. The highest BCUT2D eigenvalue weighted by Gasteiger charge is 2.23. The average Bonchev–Trinajstić information content (AvgIpc) is 3.06. The van der Waals surface area contributed by atoms with Crippen molar-refractivity contribution in [1.29, 1.82) is 0 Å². The number of ketones is 3. The molecule has 16 heteroatoms. The van der Waals surface area contributed by atoms with E-state index in [1.807, 2.05) is 0 Å². The van der Waals surface area contributed by atoms with Crippen LogP contribution in [0.15, 0.2) is 36.4 Å². The quantitative estimate of drug-likeness (QED) is 0.0762. The number of hydrogen-bond donors (Lipinski definition) is 0. The van der Waals surface area contributed by atoms with Gasteiger partial charge < -0.3 is 28.4 Å². The Morgan fingerprint density at radius 3 is 1.27 bits per heavy atom. The molecule has 0 atom stereocenters. The molecule has 278 valence electrons. The molecule has 0 aliphatic rings. The van der Waals surface area contributed by atoms with E-state index in [4.69, 9.17) is 14.2 Å². The topological polar surface area (TPSA) is 141 Å². The van der Waals surface area contributed by atoms with Gasteiger partial charge in [-0.15, -0.1) is 0 Å². The van der Waals surface area contributed by atoms with Gasteiger partial charge in [-0.25, -0.2) is 22.0 Å². The van der Waals surface area contributed by atoms with Gasteiger partial charge in [0.2, 0.25) is 0 Å². The minimum atomic E-state index is -1.12. The van der Waals surface area contributed by atoms with E-state index in [-0.39, 0.29) is 42.4 Å². The maximum Gasteiger partial charge on any atom is 0.313 e. The third-order valence-corrected chi connectivity index (χ3v) is 6.26. The molecule has 3 rings (SSSR count). The van der Waals surface area contributed by atoms with Gasteiger partial charge in [0.25, 0.3) is 0 Å². The fourth-order valence-corrected chi connectivity index (χ4v) is 4.04. The number of carbonyl (C=O) groups excluding carboxylic acids is 5. The molecule has 0 N–H and O–H groups in total. The molecular formula is C35H37F5O11. The predicted octanol–water partition coefficient (Wildman–Crippen LogP) is 6.65. The highest BCUT2D eigenvalue weighted by Crippen LogP contribution is 2.35. The summed E-state index contributed by atoms with van der Waals surface area (Å²) in [4.78, 5) is 56.9. The monoisotopic (exact) mass is 728 g/mol. The summed E-state index contributed by atoms with van der Waals surface area (Å²) in [7, 11) is 3.51. The molecule has 0 heterocycles. The first-order valence-electron chi connectivity index (χ1n) is 15.0. The number of halogens is 5. The summed E-state index contributed by atoms with van der Waals surface area (Å²) < 4.78 is 94.8. The molecule has 0 spiro atoms. The Labute approximate surface area is 290 Å². The van der Waals surface area contributed by atoms with E-state index in [9.17, 15) is 45.9 Å². The average molecular weight is 729 g/mol. The molecule has 0 aliphatic heterocycles. The molecular weight excluding hydrogens is 691 g/mol. The minimum Gasteiger partial charge on any atom is -0.491 e. The Kier molecular flexibility index (Phi) is 18.4. The number of benzene rings is 3. The third kappa shape index (κ3) is 12.4. The minimum absolute atomic E-state index is 0.00398. The Bertz CT molecular complexity index is 1710. The lowest BCUT2D eigenvalue weighted by molar-refractivity contribution is -0.143. The van der Waals surface area contributed by atoms with Crippen molar-refractivity contribution >= 4 is 29.3 Å². The lowest BCUT2D eigenvalue weighted by Gasteiger charge is -2.13. The second-order valence-corrected chi connectivity index (χ2v) is 9.64. The maximum absolute atomic E-state index is 13.7. The number of Topliss-reactive ketones (excluding diaryl/α,β-unsaturated/α-hetero) is 3. The highest BCUT2D eigenvalue weighted by molar-refractivity contribution is 6.08. The van der Waals surface area contributed by atoms with E-state index < -0.39 is 88.3 Å². The SMILES string of the molecule is CCOC(=O)CC(=O)c1ccc(F)c(OC)c1F.CCOC(=O)CC(=O)c1ccc(F)c(OC)c1OCC.COc1c(F)ccc(C(C)=O)c1F. The van der Waals surface area contributed by atoms with Gasteiger partial charge in [0.15, 0.2) is 69.4 Å². The first kappa shape index (κ1) is 43.5. The van der Waals surface area contributed by atoms with E-state index in [0.29, 0.717) is 0 Å². The van der Waals surface area contributed by atoms with Crippen LogP contribution in [0.25, 0.3) is 0 Å². The molecule has 0 bridgehead atoms. The lowest BCUT2D eigenvalue weighted by Crippen LogP contribution is -2.13. The van der Waals surface area contributed by atoms with E-state index >= 15 is 0 Å². The van der Waals surface area contributed by atoms with Crippen LogP contribution in [0.3, 0.4) is 0 Å². The first-order valence-corrected chi connectivity index (χ1v) is 15.0. The Morgan fingerprint density at radius 2 is 0.882 bits per heavy atom. The number of ether oxygens (including phenoxy) is 6. The molecule has 0 aliphatic carbocycles. The van der Waals surface area contributed by atoms with Gasteiger partial charge in [-0.05, 0) is 64.1 Å². The van der Waals surface area contributed by atoms with E-state index in [0.717, 1.165) is 44.6 Å². The molecule has 0 saturated heterocycles. The first-order chi connectivity index (χ1) is 24.1. The van der Waals surface area contributed by atoms with Crippen molar-refractivity contribution in [1.82, 2.24) is 0 Å². The van der Waals surface area contributed by atoms with Crippen LogP contribution < -0.4 is 18.9 Å². The zero-order chi connectivity index (χ0) is 38.8. The van der Waals surface area contributed by atoms with Crippen molar-refractivity contribution < 1.29 is 74.3 Å². The van der Waals surface area contributed by atoms with Crippen molar-refractivity contribution in [2.24, 2.45) is 0 Å². The van der Waals surface area contributed by atoms with Crippen molar-refractivity contribution in [2.75, 3.05) is 41.2 Å². The fraction of sp³-hybridized carbons (Fsp3) is 0.343. The molecule has 0 unspecified atom stereocenters. The van der Waals surface area contributed by atoms with Gasteiger partial charge in [0.05, 0.1) is 57.8 Å². The molecule has 11 nitrogen and oxygen atoms in total. The molecule has 0 saturated carbocycles. The van der Waals surface area contributed by atoms with E-state index in [1.54, 1.807) is 20.8 Å². The number of methoxy groups -OCH3 is 3. The van der Waals surface area contributed by atoms with Crippen LogP contribution in [-0.4, -0.2) is 70.4 Å². The predicted molar refractivity (Wildman–Crippen MR) is 171 cm³/mol. The van der Waals surface area contributed by atoms with Crippen molar-refractivity contribution in [3.63, 3.8) is 0 Å². The van der Waals surface area contributed by atoms with Crippen LogP contribution in [-0.2, 0) is 19.1 Å². The molecule has 0 aromatic heterocycles. The summed E-state index contributed by atoms with van der Waals surface area (Å²) in [5.74, 6) is -8.90. The van der Waals surface area contributed by atoms with Crippen LogP contribution in [0.4, 0.5) is 22.0 Å². The summed E-state index contributed by atoms with van der Waals surface area (Å²) in [6.07, 6.45) is -1.03. The van der Waals surface area contributed by atoms with Crippen LogP contribution in [0.2, 0.25) is 0 Å². The van der Waals surface area contributed by atoms with Crippen LogP contribution in [0, 0.1) is 29.1 Å². The smallest absolute Gasteiger partial charge is 0.313 e. The summed E-state index contributed by atoms with van der Waals surface area (Å²) in [6, 6.07) is 6.33. The van der Waals surface area contributed by atoms with E-state index in [2.05, 4.69) is 14.2 Å². The van der Waals surface area contributed by atoms with Crippen molar-refractivity contribution in [2.45, 2.75) is 40.5 Å². The highest BCUT2D eigenvalue weighted by atomic mass is 19.1. The summed E-state index contributed by atoms with van der Waals surface area (Å²) in [5.41, 5.74) is -0.474. The molecule has 0 fully saturated rings. The fourth-order valence-electron chi connectivity index (χ4n) is 4.04. The molecule has 3 aromatic carbocycles. The van der Waals surface area contributed by atoms with Gasteiger partial charge in [-0.2, -0.15) is 0 Å². The van der Waals surface area contributed by atoms with Crippen molar-refractivity contribution in [3.05, 3.63) is 82.2 Å². The van der Waals surface area contributed by atoms with E-state index in [1.165, 1.54) is 20.1 Å². The summed E-state index contributed by atoms with van der Waals surface area (Å²) in [5, 5.41) is 0. The Balaban J connectivity index is 0.000000391. The van der Waals surface area contributed by atoms with Crippen LogP contribution >= 0.6 is 0 Å². The molecule has 0 radical (unpaired) electrons.